The molecule has 0 amide bonds. The maximum atomic E-state index is 9.94. The van der Waals surface area contributed by atoms with E-state index in [-0.39, 0.29) is 6.61 Å². The zero-order valence-corrected chi connectivity index (χ0v) is 11.7. The fourth-order valence-corrected chi connectivity index (χ4v) is 1.75. The van der Waals surface area contributed by atoms with Crippen molar-refractivity contribution in [1.82, 2.24) is 4.90 Å². The minimum atomic E-state index is -0.529. The zero-order valence-electron chi connectivity index (χ0n) is 11.7. The maximum absolute atomic E-state index is 9.94. The molecule has 0 spiro atoms. The number of rotatable bonds is 9. The van der Waals surface area contributed by atoms with Gasteiger partial charge in [-0.15, -0.1) is 0 Å². The van der Waals surface area contributed by atoms with Gasteiger partial charge in [-0.25, -0.2) is 0 Å². The van der Waals surface area contributed by atoms with Crippen LogP contribution in [0.25, 0.3) is 0 Å². The van der Waals surface area contributed by atoms with Gasteiger partial charge in [0.05, 0.1) is 6.61 Å². The van der Waals surface area contributed by atoms with Gasteiger partial charge in [0.1, 0.15) is 18.5 Å². The Kier molecular flexibility index (Phi) is 7.25. The highest BCUT2D eigenvalue weighted by atomic mass is 16.5. The quantitative estimate of drug-likeness (QED) is 0.653. The van der Waals surface area contributed by atoms with E-state index in [1.54, 1.807) is 19.2 Å². The second-order valence-corrected chi connectivity index (χ2v) is 4.42. The number of nitrogens with two attached hydrogens (primary N) is 1. The van der Waals surface area contributed by atoms with E-state index in [2.05, 4.69) is 11.8 Å². The summed E-state index contributed by atoms with van der Waals surface area (Å²) in [6.07, 6.45) is -0.529. The first kappa shape index (κ1) is 15.8. The van der Waals surface area contributed by atoms with Crippen LogP contribution in [0.1, 0.15) is 6.92 Å². The summed E-state index contributed by atoms with van der Waals surface area (Å²) in [6.45, 7) is 5.23. The molecule has 1 aromatic carbocycles. The lowest BCUT2D eigenvalue weighted by Crippen LogP contribution is -2.37. The summed E-state index contributed by atoms with van der Waals surface area (Å²) in [5, 5.41) is 9.94. The molecule has 0 aliphatic rings. The SMILES string of the molecule is CCN(CCOC)CC(O)COc1cccc(N)c1. The van der Waals surface area contributed by atoms with E-state index >= 15 is 0 Å². The molecule has 19 heavy (non-hydrogen) atoms. The summed E-state index contributed by atoms with van der Waals surface area (Å²) in [6, 6.07) is 7.20. The Balaban J connectivity index is 2.32. The number of aliphatic hydroxyl groups excluding tert-OH is 1. The van der Waals surface area contributed by atoms with E-state index < -0.39 is 6.10 Å². The first-order valence-corrected chi connectivity index (χ1v) is 6.53. The molecule has 108 valence electrons. The highest BCUT2D eigenvalue weighted by molar-refractivity contribution is 5.43. The van der Waals surface area contributed by atoms with Gasteiger partial charge >= 0.3 is 0 Å². The lowest BCUT2D eigenvalue weighted by Gasteiger charge is -2.23. The highest BCUT2D eigenvalue weighted by Crippen LogP contribution is 2.14. The standard InChI is InChI=1S/C14H24N2O3/c1-3-16(7-8-18-2)10-13(17)11-19-14-6-4-5-12(15)9-14/h4-6,9,13,17H,3,7-8,10-11,15H2,1-2H3. The number of methoxy groups -OCH3 is 1. The molecule has 0 bridgehead atoms. The molecule has 0 heterocycles. The van der Waals surface area contributed by atoms with E-state index in [9.17, 15) is 5.11 Å². The van der Waals surface area contributed by atoms with Gasteiger partial charge in [0.25, 0.3) is 0 Å². The Morgan fingerprint density at radius 1 is 1.42 bits per heavy atom. The van der Waals surface area contributed by atoms with E-state index in [0.717, 1.165) is 13.1 Å². The number of ether oxygens (including phenoxy) is 2. The molecule has 5 nitrogen and oxygen atoms in total. The topological polar surface area (TPSA) is 68.0 Å². The number of likely N-dealkylation sites (N-methyl/N-ethyl adjacent to an activating group) is 1. The Labute approximate surface area is 114 Å². The average molecular weight is 268 g/mol. The van der Waals surface area contributed by atoms with Gasteiger partial charge in [-0.2, -0.15) is 0 Å². The Morgan fingerprint density at radius 2 is 2.21 bits per heavy atom. The second kappa shape index (κ2) is 8.74. The summed E-state index contributed by atoms with van der Waals surface area (Å²) in [5.74, 6) is 0.680. The fraction of sp³-hybridized carbons (Fsp3) is 0.571. The van der Waals surface area contributed by atoms with Gasteiger partial charge in [-0.1, -0.05) is 13.0 Å². The number of hydrogen-bond donors (Lipinski definition) is 2. The molecular weight excluding hydrogens is 244 g/mol. The number of nitrogen functional groups attached to an aromatic ring is 1. The van der Waals surface area contributed by atoms with Crippen molar-refractivity contribution < 1.29 is 14.6 Å². The smallest absolute Gasteiger partial charge is 0.121 e. The molecular formula is C14H24N2O3. The maximum Gasteiger partial charge on any atom is 0.121 e. The van der Waals surface area contributed by atoms with Gasteiger partial charge in [0.15, 0.2) is 0 Å². The predicted octanol–water partition coefficient (Wildman–Crippen LogP) is 0.977. The summed E-state index contributed by atoms with van der Waals surface area (Å²) in [5.41, 5.74) is 6.31. The molecule has 1 unspecified atom stereocenters. The predicted molar refractivity (Wildman–Crippen MR) is 76.3 cm³/mol. The monoisotopic (exact) mass is 268 g/mol. The summed E-state index contributed by atoms with van der Waals surface area (Å²) >= 11 is 0. The number of aliphatic hydroxyl groups is 1. The molecule has 0 aliphatic carbocycles. The minimum absolute atomic E-state index is 0.257. The lowest BCUT2D eigenvalue weighted by molar-refractivity contribution is 0.0592. The molecule has 1 aromatic rings. The van der Waals surface area contributed by atoms with Crippen molar-refractivity contribution >= 4 is 5.69 Å². The van der Waals surface area contributed by atoms with Crippen LogP contribution in [0.15, 0.2) is 24.3 Å². The zero-order chi connectivity index (χ0) is 14.1. The molecule has 0 fully saturated rings. The molecule has 3 N–H and O–H groups in total. The van der Waals surface area contributed by atoms with Crippen molar-refractivity contribution in [2.45, 2.75) is 13.0 Å². The van der Waals surface area contributed by atoms with E-state index in [1.165, 1.54) is 0 Å². The van der Waals surface area contributed by atoms with Crippen molar-refractivity contribution in [1.29, 1.82) is 0 Å². The number of hydrogen-bond acceptors (Lipinski definition) is 5. The largest absolute Gasteiger partial charge is 0.491 e. The summed E-state index contributed by atoms with van der Waals surface area (Å²) in [4.78, 5) is 2.12. The van der Waals surface area contributed by atoms with Gasteiger partial charge < -0.3 is 20.3 Å². The molecule has 0 aromatic heterocycles. The van der Waals surface area contributed by atoms with Crippen LogP contribution in [0.4, 0.5) is 5.69 Å². The minimum Gasteiger partial charge on any atom is -0.491 e. The molecule has 0 aliphatic heterocycles. The van der Waals surface area contributed by atoms with Crippen molar-refractivity contribution in [2.75, 3.05) is 45.7 Å². The third-order valence-corrected chi connectivity index (χ3v) is 2.83. The number of nitrogens with zero attached hydrogens (tertiary/aromatic N) is 1. The third kappa shape index (κ3) is 6.42. The van der Waals surface area contributed by atoms with Gasteiger partial charge in [0.2, 0.25) is 0 Å². The fourth-order valence-electron chi connectivity index (χ4n) is 1.75. The Hall–Kier alpha value is -1.30. The van der Waals surface area contributed by atoms with E-state index in [4.69, 9.17) is 15.2 Å². The molecule has 0 saturated heterocycles. The Bertz CT molecular complexity index is 360. The van der Waals surface area contributed by atoms with Crippen LogP contribution in [0.3, 0.4) is 0 Å². The van der Waals surface area contributed by atoms with Crippen LogP contribution in [-0.2, 0) is 4.74 Å². The van der Waals surface area contributed by atoms with Crippen LogP contribution in [-0.4, -0.2) is 56.1 Å². The van der Waals surface area contributed by atoms with Gasteiger partial charge in [-0.05, 0) is 18.7 Å². The summed E-state index contributed by atoms with van der Waals surface area (Å²) in [7, 11) is 1.67. The molecule has 1 atom stereocenters. The van der Waals surface area contributed by atoms with E-state index in [1.807, 2.05) is 12.1 Å². The van der Waals surface area contributed by atoms with Crippen molar-refractivity contribution in [3.8, 4) is 5.75 Å². The lowest BCUT2D eigenvalue weighted by atomic mass is 10.3. The van der Waals surface area contributed by atoms with Crippen LogP contribution in [0.5, 0.6) is 5.75 Å². The first-order chi connectivity index (χ1) is 9.15. The molecule has 0 saturated carbocycles. The molecule has 0 radical (unpaired) electrons. The molecule has 5 heteroatoms. The van der Waals surface area contributed by atoms with Gasteiger partial charge in [0, 0.05) is 32.0 Å². The van der Waals surface area contributed by atoms with Crippen molar-refractivity contribution in [3.05, 3.63) is 24.3 Å². The highest BCUT2D eigenvalue weighted by Gasteiger charge is 2.11. The number of benzene rings is 1. The first-order valence-electron chi connectivity index (χ1n) is 6.53. The van der Waals surface area contributed by atoms with Crippen LogP contribution >= 0.6 is 0 Å². The van der Waals surface area contributed by atoms with Gasteiger partial charge in [-0.3, -0.25) is 4.90 Å². The van der Waals surface area contributed by atoms with Crippen molar-refractivity contribution in [3.63, 3.8) is 0 Å². The van der Waals surface area contributed by atoms with Crippen LogP contribution in [0.2, 0.25) is 0 Å². The van der Waals surface area contributed by atoms with Crippen LogP contribution in [0, 0.1) is 0 Å². The Morgan fingerprint density at radius 3 is 2.84 bits per heavy atom. The normalized spacial score (nSPS) is 12.6. The van der Waals surface area contributed by atoms with E-state index in [0.29, 0.717) is 24.6 Å². The second-order valence-electron chi connectivity index (χ2n) is 4.42. The third-order valence-electron chi connectivity index (χ3n) is 2.83. The van der Waals surface area contributed by atoms with Crippen LogP contribution < -0.4 is 10.5 Å². The average Bonchev–Trinajstić information content (AvgIpc) is 2.41. The molecule has 1 rings (SSSR count). The summed E-state index contributed by atoms with van der Waals surface area (Å²) < 4.78 is 10.5. The van der Waals surface area contributed by atoms with Crippen molar-refractivity contribution in [2.24, 2.45) is 0 Å². The number of anilines is 1.